The molecule has 0 aliphatic carbocycles. The second kappa shape index (κ2) is 12.1. The molecule has 3 rings (SSSR count). The maximum atomic E-state index is 12.1. The monoisotopic (exact) mass is 513 g/mol. The number of carbonyl (C=O) groups excluding carboxylic acids is 2. The molecule has 0 spiro atoms. The summed E-state index contributed by atoms with van der Waals surface area (Å²) >= 11 is 2.96. The number of hydrogen-bond acceptors (Lipinski definition) is 6. The number of carboxylic acid groups (broad SMARTS) is 1. The lowest BCUT2D eigenvalue weighted by Crippen LogP contribution is -2.25. The predicted octanol–water partition coefficient (Wildman–Crippen LogP) is 6.15. The van der Waals surface area contributed by atoms with Crippen molar-refractivity contribution in [3.63, 3.8) is 0 Å². The van der Waals surface area contributed by atoms with Crippen LogP contribution in [-0.2, 0) is 11.2 Å². The topological polar surface area (TPSA) is 92.7 Å². The number of carbonyl (C=O) groups is 3. The molecule has 35 heavy (non-hydrogen) atoms. The molecule has 0 aliphatic rings. The van der Waals surface area contributed by atoms with Gasteiger partial charge in [0.25, 0.3) is 5.91 Å². The van der Waals surface area contributed by atoms with E-state index in [-0.39, 0.29) is 24.7 Å². The van der Waals surface area contributed by atoms with Crippen LogP contribution >= 0.6 is 22.7 Å². The Morgan fingerprint density at radius 3 is 2.34 bits per heavy atom. The summed E-state index contributed by atoms with van der Waals surface area (Å²) in [6.07, 6.45) is 1.70. The Hall–Kier alpha value is -2.97. The number of aliphatic carboxylic acids is 1. The highest BCUT2D eigenvalue weighted by molar-refractivity contribution is 7.17. The number of amides is 1. The van der Waals surface area contributed by atoms with Gasteiger partial charge in [0.2, 0.25) is 0 Å². The molecule has 2 N–H and O–H groups in total. The van der Waals surface area contributed by atoms with Crippen LogP contribution in [0.15, 0.2) is 36.4 Å². The van der Waals surface area contributed by atoms with Gasteiger partial charge in [-0.25, -0.2) is 0 Å². The molecule has 0 fully saturated rings. The van der Waals surface area contributed by atoms with Crippen LogP contribution in [0, 0.1) is 19.8 Å². The van der Waals surface area contributed by atoms with Crippen LogP contribution < -0.4 is 10.1 Å². The van der Waals surface area contributed by atoms with Gasteiger partial charge in [-0.05, 0) is 92.6 Å². The van der Waals surface area contributed by atoms with E-state index in [2.05, 4.69) is 38.2 Å². The van der Waals surface area contributed by atoms with E-state index in [1.807, 2.05) is 18.2 Å². The van der Waals surface area contributed by atoms with Crippen molar-refractivity contribution in [1.29, 1.82) is 0 Å². The first-order valence-corrected chi connectivity index (χ1v) is 13.2. The van der Waals surface area contributed by atoms with Crippen LogP contribution in [0.4, 0.5) is 0 Å². The third-order valence-electron chi connectivity index (χ3n) is 5.63. The zero-order valence-electron chi connectivity index (χ0n) is 20.5. The highest BCUT2D eigenvalue weighted by Gasteiger charge is 2.14. The largest absolute Gasteiger partial charge is 0.493 e. The van der Waals surface area contributed by atoms with Crippen molar-refractivity contribution in [2.24, 2.45) is 5.92 Å². The fourth-order valence-electron chi connectivity index (χ4n) is 3.77. The number of thiophene rings is 2. The molecule has 1 unspecified atom stereocenters. The minimum Gasteiger partial charge on any atom is -0.493 e. The van der Waals surface area contributed by atoms with Crippen LogP contribution in [0.2, 0.25) is 0 Å². The third-order valence-corrected chi connectivity index (χ3v) is 7.98. The van der Waals surface area contributed by atoms with Crippen LogP contribution in [-0.4, -0.2) is 35.9 Å². The van der Waals surface area contributed by atoms with E-state index in [0.717, 1.165) is 49.9 Å². The van der Waals surface area contributed by atoms with Gasteiger partial charge in [-0.15, -0.1) is 22.7 Å². The Morgan fingerprint density at radius 1 is 1.03 bits per heavy atom. The number of benzene rings is 1. The molecule has 1 aromatic carbocycles. The van der Waals surface area contributed by atoms with E-state index in [4.69, 9.17) is 9.84 Å². The average Bonchev–Trinajstić information content (AvgIpc) is 3.46. The summed E-state index contributed by atoms with van der Waals surface area (Å²) in [4.78, 5) is 37.9. The Morgan fingerprint density at radius 2 is 1.71 bits per heavy atom. The summed E-state index contributed by atoms with van der Waals surface area (Å²) < 4.78 is 6.10. The molecule has 0 saturated carbocycles. The Bertz CT molecular complexity index is 1190. The van der Waals surface area contributed by atoms with E-state index < -0.39 is 5.97 Å². The molecule has 0 aliphatic heterocycles. The fraction of sp³-hybridized carbons (Fsp3) is 0.370. The summed E-state index contributed by atoms with van der Waals surface area (Å²) in [5, 5.41) is 11.3. The standard InChI is InChI=1S/C27H31NO5S2/c1-16(5-6-21-7-8-24(34-21)27(32)28-12-11-25(30)31)15-33-20-13-17(2)26(18(3)14-20)23-10-9-22(35-23)19(4)29/h7-10,13-14,16H,5-6,11-12,15H2,1-4H3,(H,28,32)(H,30,31). The number of carboxylic acids is 1. The van der Waals surface area contributed by atoms with Crippen molar-refractivity contribution in [3.05, 3.63) is 62.2 Å². The molecule has 0 saturated heterocycles. The number of nitrogens with one attached hydrogen (secondary N) is 1. The highest BCUT2D eigenvalue weighted by atomic mass is 32.1. The lowest BCUT2D eigenvalue weighted by molar-refractivity contribution is -0.136. The summed E-state index contributed by atoms with van der Waals surface area (Å²) in [7, 11) is 0. The van der Waals surface area contributed by atoms with Gasteiger partial charge in [-0.1, -0.05) is 6.92 Å². The lowest BCUT2D eigenvalue weighted by atomic mass is 10.0. The molecule has 1 amide bonds. The van der Waals surface area contributed by atoms with Gasteiger partial charge in [0.05, 0.1) is 22.8 Å². The number of rotatable bonds is 12. The molecular formula is C27H31NO5S2. The van der Waals surface area contributed by atoms with E-state index in [1.54, 1.807) is 13.0 Å². The van der Waals surface area contributed by atoms with Gasteiger partial charge >= 0.3 is 5.97 Å². The van der Waals surface area contributed by atoms with Crippen molar-refractivity contribution in [2.45, 2.75) is 47.0 Å². The van der Waals surface area contributed by atoms with Crippen molar-refractivity contribution in [2.75, 3.05) is 13.2 Å². The molecule has 3 aromatic rings. The number of ether oxygens (including phenoxy) is 1. The second-order valence-electron chi connectivity index (χ2n) is 8.77. The molecule has 0 bridgehead atoms. The van der Waals surface area contributed by atoms with Crippen molar-refractivity contribution < 1.29 is 24.2 Å². The molecule has 8 heteroatoms. The normalized spacial score (nSPS) is 11.8. The molecule has 2 heterocycles. The first-order valence-electron chi connectivity index (χ1n) is 11.6. The zero-order valence-corrected chi connectivity index (χ0v) is 22.1. The van der Waals surface area contributed by atoms with Gasteiger partial charge in [0.15, 0.2) is 5.78 Å². The van der Waals surface area contributed by atoms with E-state index >= 15 is 0 Å². The van der Waals surface area contributed by atoms with Gasteiger partial charge < -0.3 is 15.2 Å². The van der Waals surface area contributed by atoms with Gasteiger partial charge in [-0.2, -0.15) is 0 Å². The van der Waals surface area contributed by atoms with E-state index in [1.165, 1.54) is 22.7 Å². The zero-order chi connectivity index (χ0) is 25.5. The highest BCUT2D eigenvalue weighted by Crippen LogP contribution is 2.35. The lowest BCUT2D eigenvalue weighted by Gasteiger charge is -2.16. The summed E-state index contributed by atoms with van der Waals surface area (Å²) in [6, 6.07) is 11.7. The average molecular weight is 514 g/mol. The van der Waals surface area contributed by atoms with Crippen molar-refractivity contribution in [3.8, 4) is 16.2 Å². The molecule has 6 nitrogen and oxygen atoms in total. The van der Waals surface area contributed by atoms with Gasteiger partial charge in [0.1, 0.15) is 5.75 Å². The predicted molar refractivity (Wildman–Crippen MR) is 141 cm³/mol. The smallest absolute Gasteiger partial charge is 0.305 e. The fourth-order valence-corrected chi connectivity index (χ4v) is 5.79. The quantitative estimate of drug-likeness (QED) is 0.284. The van der Waals surface area contributed by atoms with Crippen molar-refractivity contribution >= 4 is 40.3 Å². The first-order chi connectivity index (χ1) is 16.6. The maximum absolute atomic E-state index is 12.1. The van der Waals surface area contributed by atoms with Gasteiger partial charge in [0, 0.05) is 16.3 Å². The summed E-state index contributed by atoms with van der Waals surface area (Å²) in [6.45, 7) is 8.60. The Labute approximate surface area is 214 Å². The van der Waals surface area contributed by atoms with Crippen molar-refractivity contribution in [1.82, 2.24) is 5.32 Å². The van der Waals surface area contributed by atoms with E-state index in [0.29, 0.717) is 17.4 Å². The Kier molecular flexibility index (Phi) is 9.23. The maximum Gasteiger partial charge on any atom is 0.305 e. The Balaban J connectivity index is 1.50. The number of Topliss-reactive ketones (excluding diaryl/α,β-unsaturated/α-hetero) is 1. The summed E-state index contributed by atoms with van der Waals surface area (Å²) in [5.41, 5.74) is 3.40. The molecule has 2 aromatic heterocycles. The minimum absolute atomic E-state index is 0.0852. The summed E-state index contributed by atoms with van der Waals surface area (Å²) in [5.74, 6) is 0.104. The molecule has 1 atom stereocenters. The van der Waals surface area contributed by atoms with Crippen LogP contribution in [0.5, 0.6) is 5.75 Å². The number of ketones is 1. The SMILES string of the molecule is CC(=O)c1ccc(-c2c(C)cc(OCC(C)CCc3ccc(C(=O)NCCC(=O)O)s3)cc2C)s1. The van der Waals surface area contributed by atoms with Gasteiger partial charge in [-0.3, -0.25) is 14.4 Å². The second-order valence-corrected chi connectivity index (χ2v) is 11.0. The molecule has 0 radical (unpaired) electrons. The number of hydrogen-bond donors (Lipinski definition) is 2. The first kappa shape index (κ1) is 26.6. The van der Waals surface area contributed by atoms with Crippen LogP contribution in [0.3, 0.4) is 0 Å². The number of aryl methyl sites for hydroxylation is 3. The molecular weight excluding hydrogens is 482 g/mol. The van der Waals surface area contributed by atoms with Crippen LogP contribution in [0.25, 0.3) is 10.4 Å². The van der Waals surface area contributed by atoms with E-state index in [9.17, 15) is 14.4 Å². The molecule has 186 valence electrons. The minimum atomic E-state index is -0.930. The van der Waals surface area contributed by atoms with Crippen LogP contribution in [0.1, 0.15) is 62.0 Å². The third kappa shape index (κ3) is 7.50.